The van der Waals surface area contributed by atoms with Gasteiger partial charge in [0.05, 0.1) is 0 Å². The molecule has 7 nitrogen and oxygen atoms in total. The van der Waals surface area contributed by atoms with Gasteiger partial charge < -0.3 is 9.80 Å². The van der Waals surface area contributed by atoms with Crippen molar-refractivity contribution in [1.29, 1.82) is 0 Å². The van der Waals surface area contributed by atoms with Gasteiger partial charge in [-0.05, 0) is 58.9 Å². The van der Waals surface area contributed by atoms with Gasteiger partial charge in [-0.2, -0.15) is 0 Å². The summed E-state index contributed by atoms with van der Waals surface area (Å²) < 4.78 is 0. The van der Waals surface area contributed by atoms with Gasteiger partial charge in [0.15, 0.2) is 0 Å². The summed E-state index contributed by atoms with van der Waals surface area (Å²) >= 11 is 0. The summed E-state index contributed by atoms with van der Waals surface area (Å²) in [4.78, 5) is 51.7. The summed E-state index contributed by atoms with van der Waals surface area (Å²) in [5.41, 5.74) is 5.95. The van der Waals surface area contributed by atoms with Crippen LogP contribution < -0.4 is 5.32 Å². The quantitative estimate of drug-likeness (QED) is 0.758. The molecule has 2 aromatic carbocycles. The molecule has 0 aromatic heterocycles. The monoisotopic (exact) mass is 417 g/mol. The summed E-state index contributed by atoms with van der Waals surface area (Å²) in [6, 6.07) is 11.5. The van der Waals surface area contributed by atoms with E-state index in [0.717, 1.165) is 35.2 Å². The van der Waals surface area contributed by atoms with Gasteiger partial charge in [-0.25, -0.2) is 0 Å². The molecule has 3 aliphatic heterocycles. The topological polar surface area (TPSA) is 86.8 Å². The highest BCUT2D eigenvalue weighted by Gasteiger charge is 2.39. The normalized spacial score (nSPS) is 20.4. The number of imide groups is 1. The maximum atomic E-state index is 12.9. The SMILES string of the molecule is CC(=O)N1CCc2ccc(-c3ccc4c(c3)CN(C3CCC(=O)NC3=O)C4=O)cc2C1. The minimum absolute atomic E-state index is 0.0839. The number of piperidine rings is 1. The van der Waals surface area contributed by atoms with E-state index in [0.29, 0.717) is 25.1 Å². The summed E-state index contributed by atoms with van der Waals surface area (Å²) in [6.45, 7) is 3.32. The molecule has 0 aliphatic carbocycles. The zero-order valence-electron chi connectivity index (χ0n) is 17.3. The van der Waals surface area contributed by atoms with Gasteiger partial charge in [0.1, 0.15) is 6.04 Å². The maximum absolute atomic E-state index is 12.9. The second-order valence-electron chi connectivity index (χ2n) is 8.45. The van der Waals surface area contributed by atoms with Crippen molar-refractivity contribution >= 4 is 23.6 Å². The fraction of sp³-hybridized carbons (Fsp3) is 0.333. The fourth-order valence-electron chi connectivity index (χ4n) is 4.76. The first-order valence-corrected chi connectivity index (χ1v) is 10.6. The first-order chi connectivity index (χ1) is 14.9. The van der Waals surface area contributed by atoms with Crippen LogP contribution in [0.15, 0.2) is 36.4 Å². The molecule has 1 fully saturated rings. The molecule has 1 atom stereocenters. The first-order valence-electron chi connectivity index (χ1n) is 10.6. The lowest BCUT2D eigenvalue weighted by Crippen LogP contribution is -2.52. The van der Waals surface area contributed by atoms with E-state index in [4.69, 9.17) is 0 Å². The minimum atomic E-state index is -0.609. The molecule has 5 rings (SSSR count). The molecule has 0 radical (unpaired) electrons. The lowest BCUT2D eigenvalue weighted by molar-refractivity contribution is -0.137. The molecule has 0 spiro atoms. The standard InChI is InChI=1S/C24H23N3O4/c1-14(28)26-9-8-15-2-3-16(10-18(15)12-26)17-4-5-20-19(11-17)13-27(24(20)31)21-6-7-22(29)25-23(21)30/h2-5,10-11,21H,6-9,12-13H2,1H3,(H,25,29,30). The van der Waals surface area contributed by atoms with Gasteiger partial charge >= 0.3 is 0 Å². The van der Waals surface area contributed by atoms with Crippen LogP contribution in [0.4, 0.5) is 0 Å². The third-order valence-corrected chi connectivity index (χ3v) is 6.52. The van der Waals surface area contributed by atoms with E-state index in [-0.39, 0.29) is 24.1 Å². The molecule has 158 valence electrons. The Bertz CT molecular complexity index is 1140. The van der Waals surface area contributed by atoms with E-state index in [1.54, 1.807) is 11.8 Å². The Kier molecular flexibility index (Phi) is 4.61. The second-order valence-corrected chi connectivity index (χ2v) is 8.45. The third kappa shape index (κ3) is 3.40. The molecular weight excluding hydrogens is 394 g/mol. The van der Waals surface area contributed by atoms with Crippen LogP contribution >= 0.6 is 0 Å². The number of nitrogens with zero attached hydrogens (tertiary/aromatic N) is 2. The maximum Gasteiger partial charge on any atom is 0.255 e. The van der Waals surface area contributed by atoms with Crippen molar-refractivity contribution in [2.45, 2.75) is 45.3 Å². The molecule has 4 amide bonds. The number of carbonyl (C=O) groups is 4. The Balaban J connectivity index is 1.41. The zero-order chi connectivity index (χ0) is 21.7. The highest BCUT2D eigenvalue weighted by atomic mass is 16.2. The van der Waals surface area contributed by atoms with Crippen LogP contribution in [-0.2, 0) is 33.9 Å². The molecular formula is C24H23N3O4. The van der Waals surface area contributed by atoms with E-state index in [1.165, 1.54) is 5.56 Å². The van der Waals surface area contributed by atoms with Crippen LogP contribution in [0.2, 0.25) is 0 Å². The summed E-state index contributed by atoms with van der Waals surface area (Å²) in [7, 11) is 0. The number of fused-ring (bicyclic) bond motifs is 2. The summed E-state index contributed by atoms with van der Waals surface area (Å²) in [6.07, 6.45) is 1.46. The van der Waals surface area contributed by atoms with Crippen LogP contribution in [0.25, 0.3) is 11.1 Å². The van der Waals surface area contributed by atoms with Gasteiger partial charge in [-0.3, -0.25) is 24.5 Å². The molecule has 1 N–H and O–H groups in total. The Morgan fingerprint density at radius 1 is 0.935 bits per heavy atom. The molecule has 7 heteroatoms. The largest absolute Gasteiger partial charge is 0.338 e. The van der Waals surface area contributed by atoms with Crippen LogP contribution in [0, 0.1) is 0 Å². The molecule has 31 heavy (non-hydrogen) atoms. The van der Waals surface area contributed by atoms with E-state index >= 15 is 0 Å². The molecule has 3 aliphatic rings. The number of amides is 4. The van der Waals surface area contributed by atoms with Crippen LogP contribution in [0.3, 0.4) is 0 Å². The molecule has 1 unspecified atom stereocenters. The molecule has 0 bridgehead atoms. The third-order valence-electron chi connectivity index (χ3n) is 6.52. The van der Waals surface area contributed by atoms with Gasteiger partial charge in [-0.1, -0.05) is 18.2 Å². The van der Waals surface area contributed by atoms with Crippen molar-refractivity contribution in [3.63, 3.8) is 0 Å². The number of hydrogen-bond donors (Lipinski definition) is 1. The zero-order valence-corrected chi connectivity index (χ0v) is 17.3. The fourth-order valence-corrected chi connectivity index (χ4v) is 4.76. The molecule has 2 aromatic rings. The molecule has 3 heterocycles. The van der Waals surface area contributed by atoms with Crippen molar-refractivity contribution in [3.8, 4) is 11.1 Å². The Labute approximate surface area is 180 Å². The summed E-state index contributed by atoms with van der Waals surface area (Å²) in [5, 5.41) is 2.33. The van der Waals surface area contributed by atoms with Gasteiger partial charge in [0, 0.05) is 38.5 Å². The number of carbonyl (C=O) groups excluding carboxylic acids is 4. The average molecular weight is 417 g/mol. The van der Waals surface area contributed by atoms with Crippen molar-refractivity contribution in [3.05, 3.63) is 58.7 Å². The van der Waals surface area contributed by atoms with Crippen molar-refractivity contribution < 1.29 is 19.2 Å². The number of rotatable bonds is 2. The van der Waals surface area contributed by atoms with Crippen LogP contribution in [-0.4, -0.2) is 46.0 Å². The van der Waals surface area contributed by atoms with E-state index in [2.05, 4.69) is 23.5 Å². The van der Waals surface area contributed by atoms with Crippen LogP contribution in [0.1, 0.15) is 46.8 Å². The average Bonchev–Trinajstić information content (AvgIpc) is 3.08. The predicted octanol–water partition coefficient (Wildman–Crippen LogP) is 2.02. The van der Waals surface area contributed by atoms with Gasteiger partial charge in [0.25, 0.3) is 5.91 Å². The number of benzene rings is 2. The summed E-state index contributed by atoms with van der Waals surface area (Å²) in [5.74, 6) is -0.773. The number of hydrogen-bond acceptors (Lipinski definition) is 4. The van der Waals surface area contributed by atoms with Gasteiger partial charge in [0.2, 0.25) is 17.7 Å². The highest BCUT2D eigenvalue weighted by Crippen LogP contribution is 2.32. The molecule has 0 saturated carbocycles. The smallest absolute Gasteiger partial charge is 0.255 e. The lowest BCUT2D eigenvalue weighted by Gasteiger charge is -2.29. The highest BCUT2D eigenvalue weighted by molar-refractivity contribution is 6.05. The van der Waals surface area contributed by atoms with Crippen molar-refractivity contribution in [2.24, 2.45) is 0 Å². The Hall–Kier alpha value is -3.48. The lowest BCUT2D eigenvalue weighted by atomic mass is 9.93. The van der Waals surface area contributed by atoms with Crippen molar-refractivity contribution in [2.75, 3.05) is 6.54 Å². The van der Waals surface area contributed by atoms with E-state index < -0.39 is 11.9 Å². The Morgan fingerprint density at radius 2 is 1.68 bits per heavy atom. The first kappa shape index (κ1) is 19.5. The van der Waals surface area contributed by atoms with Crippen LogP contribution in [0.5, 0.6) is 0 Å². The second kappa shape index (κ2) is 7.34. The molecule has 1 saturated heterocycles. The predicted molar refractivity (Wildman–Crippen MR) is 113 cm³/mol. The van der Waals surface area contributed by atoms with E-state index in [1.807, 2.05) is 23.1 Å². The van der Waals surface area contributed by atoms with Crippen molar-refractivity contribution in [1.82, 2.24) is 15.1 Å². The Morgan fingerprint density at radius 3 is 2.42 bits per heavy atom. The number of nitrogens with one attached hydrogen (secondary N) is 1. The minimum Gasteiger partial charge on any atom is -0.338 e. The van der Waals surface area contributed by atoms with E-state index in [9.17, 15) is 19.2 Å². The van der Waals surface area contributed by atoms with Gasteiger partial charge in [-0.15, -0.1) is 0 Å².